The lowest BCUT2D eigenvalue weighted by Gasteiger charge is -2.08. The van der Waals surface area contributed by atoms with E-state index >= 15 is 0 Å². The fourth-order valence-corrected chi connectivity index (χ4v) is 2.29. The van der Waals surface area contributed by atoms with Gasteiger partial charge < -0.3 is 10.6 Å². The lowest BCUT2D eigenvalue weighted by atomic mass is 10.1. The maximum Gasteiger partial charge on any atom is 0.232 e. The minimum absolute atomic E-state index is 0.133. The zero-order chi connectivity index (χ0) is 10.5. The zero-order valence-electron chi connectivity index (χ0n) is 8.14. The highest BCUT2D eigenvalue weighted by atomic mass is 79.9. The van der Waals surface area contributed by atoms with Crippen LogP contribution < -0.4 is 10.6 Å². The smallest absolute Gasteiger partial charge is 0.232 e. The molecule has 2 aliphatic rings. The Labute approximate surface area is 96.4 Å². The summed E-state index contributed by atoms with van der Waals surface area (Å²) in [6.07, 6.45) is 2.00. The third-order valence-corrected chi connectivity index (χ3v) is 3.68. The van der Waals surface area contributed by atoms with Gasteiger partial charge in [-0.3, -0.25) is 4.79 Å². The first-order valence-electron chi connectivity index (χ1n) is 5.05. The van der Waals surface area contributed by atoms with E-state index in [-0.39, 0.29) is 11.3 Å². The van der Waals surface area contributed by atoms with Crippen LogP contribution in [0.4, 0.5) is 11.4 Å². The second-order valence-corrected chi connectivity index (χ2v) is 5.19. The molecule has 1 heterocycles. The number of amides is 1. The Hall–Kier alpha value is -1.03. The van der Waals surface area contributed by atoms with Crippen LogP contribution in [0.1, 0.15) is 12.8 Å². The number of rotatable bonds is 0. The van der Waals surface area contributed by atoms with Crippen molar-refractivity contribution in [2.45, 2.75) is 12.8 Å². The summed E-state index contributed by atoms with van der Waals surface area (Å²) in [7, 11) is 0. The van der Waals surface area contributed by atoms with Gasteiger partial charge in [0.05, 0.1) is 16.8 Å². The molecule has 2 N–H and O–H groups in total. The van der Waals surface area contributed by atoms with Crippen molar-refractivity contribution >= 4 is 33.2 Å². The van der Waals surface area contributed by atoms with Gasteiger partial charge in [0.1, 0.15) is 0 Å². The van der Waals surface area contributed by atoms with Crippen molar-refractivity contribution in [3.05, 3.63) is 22.7 Å². The number of benzene rings is 1. The molecule has 0 unspecified atom stereocenters. The third kappa shape index (κ3) is 1.44. The molecule has 0 saturated heterocycles. The Morgan fingerprint density at radius 3 is 2.80 bits per heavy atom. The molecular formula is C11H11BrN2O. The summed E-state index contributed by atoms with van der Waals surface area (Å²) >= 11 is 3.40. The lowest BCUT2D eigenvalue weighted by molar-refractivity contribution is -0.120. The molecule has 1 aliphatic carbocycles. The van der Waals surface area contributed by atoms with Crippen molar-refractivity contribution in [2.24, 2.45) is 5.41 Å². The first kappa shape index (κ1) is 9.21. The summed E-state index contributed by atoms with van der Waals surface area (Å²) in [6.45, 7) is 0.757. The van der Waals surface area contributed by atoms with Gasteiger partial charge in [0.25, 0.3) is 0 Å². The monoisotopic (exact) mass is 266 g/mol. The summed E-state index contributed by atoms with van der Waals surface area (Å²) < 4.78 is 0.982. The van der Waals surface area contributed by atoms with Crippen LogP contribution >= 0.6 is 15.9 Å². The zero-order valence-corrected chi connectivity index (χ0v) is 9.73. The highest BCUT2D eigenvalue weighted by Gasteiger charge is 2.50. The predicted octanol–water partition coefficient (Wildman–Crippen LogP) is 2.59. The minimum atomic E-state index is -0.133. The molecule has 0 radical (unpaired) electrons. The third-order valence-electron chi connectivity index (χ3n) is 3.18. The summed E-state index contributed by atoms with van der Waals surface area (Å²) in [5.74, 6) is 0.159. The van der Waals surface area contributed by atoms with E-state index in [1.54, 1.807) is 0 Å². The summed E-state index contributed by atoms with van der Waals surface area (Å²) in [5, 5.41) is 6.32. The van der Waals surface area contributed by atoms with Crippen molar-refractivity contribution in [2.75, 3.05) is 17.2 Å². The first-order valence-corrected chi connectivity index (χ1v) is 5.84. The van der Waals surface area contributed by atoms with E-state index < -0.39 is 0 Å². The van der Waals surface area contributed by atoms with Crippen LogP contribution in [0.2, 0.25) is 0 Å². The maximum absolute atomic E-state index is 11.9. The van der Waals surface area contributed by atoms with E-state index in [4.69, 9.17) is 0 Å². The highest BCUT2D eigenvalue weighted by Crippen LogP contribution is 2.48. The Morgan fingerprint density at radius 2 is 2.07 bits per heavy atom. The molecule has 1 fully saturated rings. The molecule has 0 aromatic heterocycles. The minimum Gasteiger partial charge on any atom is -0.382 e. The lowest BCUT2D eigenvalue weighted by Crippen LogP contribution is -2.27. The Bertz CT molecular complexity index is 440. The number of nitrogens with one attached hydrogen (secondary N) is 2. The molecule has 15 heavy (non-hydrogen) atoms. The van der Waals surface area contributed by atoms with Crippen LogP contribution in [0, 0.1) is 5.41 Å². The standard InChI is InChI=1S/C11H11BrN2O/c12-7-1-2-8-9(5-7)14-10(15)11(3-4-11)6-13-8/h1-2,5,13H,3-4,6H2,(H,14,15). The quantitative estimate of drug-likeness (QED) is 0.758. The van der Waals surface area contributed by atoms with Gasteiger partial charge in [-0.15, -0.1) is 0 Å². The molecule has 1 amide bonds. The van der Waals surface area contributed by atoms with Crippen molar-refractivity contribution in [3.8, 4) is 0 Å². The molecule has 78 valence electrons. The maximum atomic E-state index is 11.9. The molecule has 0 atom stereocenters. The second kappa shape index (κ2) is 2.98. The summed E-state index contributed by atoms with van der Waals surface area (Å²) in [6, 6.07) is 5.89. The average Bonchev–Trinajstić information content (AvgIpc) is 2.98. The van der Waals surface area contributed by atoms with Crippen LogP contribution in [0.25, 0.3) is 0 Å². The van der Waals surface area contributed by atoms with Crippen LogP contribution in [-0.2, 0) is 4.79 Å². The Morgan fingerprint density at radius 1 is 1.27 bits per heavy atom. The van der Waals surface area contributed by atoms with E-state index in [1.165, 1.54) is 0 Å². The molecule has 0 bridgehead atoms. The van der Waals surface area contributed by atoms with Crippen LogP contribution in [-0.4, -0.2) is 12.5 Å². The van der Waals surface area contributed by atoms with E-state index in [0.29, 0.717) is 0 Å². The number of hydrogen-bond donors (Lipinski definition) is 2. The molecule has 1 spiro atoms. The molecule has 1 aliphatic heterocycles. The van der Waals surface area contributed by atoms with E-state index in [2.05, 4.69) is 26.6 Å². The van der Waals surface area contributed by atoms with Gasteiger partial charge in [0.15, 0.2) is 0 Å². The number of carbonyl (C=O) groups excluding carboxylic acids is 1. The molecule has 1 aromatic carbocycles. The van der Waals surface area contributed by atoms with Gasteiger partial charge in [-0.25, -0.2) is 0 Å². The Balaban J connectivity index is 2.00. The number of hydrogen-bond acceptors (Lipinski definition) is 2. The van der Waals surface area contributed by atoms with Gasteiger partial charge in [0.2, 0.25) is 5.91 Å². The molecule has 1 aromatic rings. The van der Waals surface area contributed by atoms with Crippen molar-refractivity contribution < 1.29 is 4.79 Å². The summed E-state index contributed by atoms with van der Waals surface area (Å²) in [5.41, 5.74) is 1.75. The number of fused-ring (bicyclic) bond motifs is 1. The molecule has 3 rings (SSSR count). The number of anilines is 2. The van der Waals surface area contributed by atoms with E-state index in [1.807, 2.05) is 18.2 Å². The number of carbonyl (C=O) groups is 1. The largest absolute Gasteiger partial charge is 0.382 e. The SMILES string of the molecule is O=C1Nc2cc(Br)ccc2NCC12CC2. The van der Waals surface area contributed by atoms with Gasteiger partial charge >= 0.3 is 0 Å². The van der Waals surface area contributed by atoms with Gasteiger partial charge in [0, 0.05) is 11.0 Å². The van der Waals surface area contributed by atoms with Gasteiger partial charge in [-0.05, 0) is 31.0 Å². The molecular weight excluding hydrogens is 256 g/mol. The summed E-state index contributed by atoms with van der Waals surface area (Å²) in [4.78, 5) is 11.9. The molecule has 3 nitrogen and oxygen atoms in total. The van der Waals surface area contributed by atoms with E-state index in [9.17, 15) is 4.79 Å². The molecule has 4 heteroatoms. The van der Waals surface area contributed by atoms with Crippen LogP contribution in [0.5, 0.6) is 0 Å². The van der Waals surface area contributed by atoms with Gasteiger partial charge in [-0.1, -0.05) is 15.9 Å². The Kier molecular flexibility index (Phi) is 1.83. The second-order valence-electron chi connectivity index (χ2n) is 4.28. The fourth-order valence-electron chi connectivity index (χ4n) is 1.93. The van der Waals surface area contributed by atoms with Crippen LogP contribution in [0.15, 0.2) is 22.7 Å². The average molecular weight is 267 g/mol. The van der Waals surface area contributed by atoms with Crippen molar-refractivity contribution in [3.63, 3.8) is 0 Å². The normalized spacial score (nSPS) is 21.3. The van der Waals surface area contributed by atoms with Gasteiger partial charge in [-0.2, -0.15) is 0 Å². The van der Waals surface area contributed by atoms with Crippen molar-refractivity contribution in [1.82, 2.24) is 0 Å². The topological polar surface area (TPSA) is 41.1 Å². The van der Waals surface area contributed by atoms with Crippen LogP contribution in [0.3, 0.4) is 0 Å². The van der Waals surface area contributed by atoms with E-state index in [0.717, 1.165) is 35.2 Å². The number of halogens is 1. The molecule has 1 saturated carbocycles. The highest BCUT2D eigenvalue weighted by molar-refractivity contribution is 9.10. The van der Waals surface area contributed by atoms with Crippen molar-refractivity contribution in [1.29, 1.82) is 0 Å². The predicted molar refractivity (Wildman–Crippen MR) is 62.9 cm³/mol. The first-order chi connectivity index (χ1) is 7.20. The fraction of sp³-hybridized carbons (Fsp3) is 0.364.